The average Bonchev–Trinajstić information content (AvgIpc) is 3.13. The Hall–Kier alpha value is -3.56. The van der Waals surface area contributed by atoms with Crippen LogP contribution in [0.25, 0.3) is 11.0 Å². The molecule has 0 saturated heterocycles. The molecule has 2 N–H and O–H groups in total. The Morgan fingerprint density at radius 1 is 1.00 bits per heavy atom. The number of aryl methyl sites for hydroxylation is 1. The average molecular weight is 481 g/mol. The van der Waals surface area contributed by atoms with Gasteiger partial charge in [0.05, 0.1) is 21.5 Å². The number of fused-ring (bicyclic) bond motifs is 1. The Kier molecular flexibility index (Phi) is 6.49. The minimum Gasteiger partial charge on any atom is -0.338 e. The second-order valence-corrected chi connectivity index (χ2v) is 9.97. The SMILES string of the molecule is CC(C)NS(=O)(=O)c1ccc(F)c(C(=O)NC(c2ccccc2)c2nc3ccccc3n2C)c1. The summed E-state index contributed by atoms with van der Waals surface area (Å²) in [5, 5.41) is 2.85. The van der Waals surface area contributed by atoms with Crippen molar-refractivity contribution in [1.29, 1.82) is 0 Å². The van der Waals surface area contributed by atoms with E-state index in [9.17, 15) is 17.6 Å². The number of halogens is 1. The highest BCUT2D eigenvalue weighted by atomic mass is 32.2. The molecular weight excluding hydrogens is 455 g/mol. The van der Waals surface area contributed by atoms with Crippen LogP contribution in [-0.2, 0) is 17.1 Å². The number of imidazole rings is 1. The summed E-state index contributed by atoms with van der Waals surface area (Å²) in [5.74, 6) is -1.01. The molecule has 7 nitrogen and oxygen atoms in total. The number of nitrogens with zero attached hydrogens (tertiary/aromatic N) is 2. The summed E-state index contributed by atoms with van der Waals surface area (Å²) < 4.78 is 44.1. The van der Waals surface area contributed by atoms with E-state index >= 15 is 0 Å². The zero-order valence-corrected chi connectivity index (χ0v) is 19.8. The van der Waals surface area contributed by atoms with Crippen molar-refractivity contribution < 1.29 is 17.6 Å². The van der Waals surface area contributed by atoms with Crippen molar-refractivity contribution in [3.05, 3.63) is 95.6 Å². The maximum Gasteiger partial charge on any atom is 0.255 e. The molecule has 0 saturated carbocycles. The van der Waals surface area contributed by atoms with Gasteiger partial charge in [-0.25, -0.2) is 22.5 Å². The second-order valence-electron chi connectivity index (χ2n) is 8.25. The normalized spacial score (nSPS) is 12.7. The van der Waals surface area contributed by atoms with E-state index in [2.05, 4.69) is 10.0 Å². The van der Waals surface area contributed by atoms with Gasteiger partial charge in [-0.3, -0.25) is 4.79 Å². The van der Waals surface area contributed by atoms with Crippen LogP contribution in [0.2, 0.25) is 0 Å². The van der Waals surface area contributed by atoms with Crippen molar-refractivity contribution in [2.24, 2.45) is 7.05 Å². The van der Waals surface area contributed by atoms with Crippen molar-refractivity contribution in [1.82, 2.24) is 19.6 Å². The molecule has 4 rings (SSSR count). The van der Waals surface area contributed by atoms with Crippen molar-refractivity contribution in [3.8, 4) is 0 Å². The van der Waals surface area contributed by atoms with Crippen LogP contribution in [0.1, 0.15) is 41.6 Å². The van der Waals surface area contributed by atoms with Crippen LogP contribution in [0, 0.1) is 5.82 Å². The Morgan fingerprint density at radius 2 is 1.68 bits per heavy atom. The summed E-state index contributed by atoms with van der Waals surface area (Å²) >= 11 is 0. The third-order valence-corrected chi connectivity index (χ3v) is 7.03. The van der Waals surface area contributed by atoms with Gasteiger partial charge in [0, 0.05) is 13.1 Å². The van der Waals surface area contributed by atoms with E-state index < -0.39 is 27.8 Å². The summed E-state index contributed by atoms with van der Waals surface area (Å²) in [7, 11) is -2.06. The quantitative estimate of drug-likeness (QED) is 0.419. The lowest BCUT2D eigenvalue weighted by molar-refractivity contribution is 0.0937. The summed E-state index contributed by atoms with van der Waals surface area (Å²) in [5.41, 5.74) is 2.02. The van der Waals surface area contributed by atoms with Crippen molar-refractivity contribution >= 4 is 27.0 Å². The second kappa shape index (κ2) is 9.36. The molecule has 9 heteroatoms. The highest BCUT2D eigenvalue weighted by molar-refractivity contribution is 7.89. The lowest BCUT2D eigenvalue weighted by Gasteiger charge is -2.20. The molecule has 1 aromatic heterocycles. The molecule has 0 fully saturated rings. The van der Waals surface area contributed by atoms with Gasteiger partial charge in [-0.2, -0.15) is 0 Å². The van der Waals surface area contributed by atoms with Crippen LogP contribution >= 0.6 is 0 Å². The van der Waals surface area contributed by atoms with E-state index in [-0.39, 0.29) is 16.5 Å². The van der Waals surface area contributed by atoms with Gasteiger partial charge in [0.2, 0.25) is 10.0 Å². The minimum atomic E-state index is -3.90. The summed E-state index contributed by atoms with van der Waals surface area (Å²) in [6.07, 6.45) is 0. The van der Waals surface area contributed by atoms with Crippen LogP contribution in [0.3, 0.4) is 0 Å². The number of sulfonamides is 1. The molecule has 1 amide bonds. The number of amides is 1. The molecular formula is C25H25FN4O3S. The highest BCUT2D eigenvalue weighted by Gasteiger charge is 2.26. The van der Waals surface area contributed by atoms with E-state index in [0.717, 1.165) is 34.8 Å². The van der Waals surface area contributed by atoms with Crippen LogP contribution in [0.15, 0.2) is 77.7 Å². The Bertz CT molecular complexity index is 1450. The fourth-order valence-corrected chi connectivity index (χ4v) is 5.07. The summed E-state index contributed by atoms with van der Waals surface area (Å²) in [6.45, 7) is 3.35. The number of benzene rings is 3. The number of hydrogen-bond donors (Lipinski definition) is 2. The van der Waals surface area contributed by atoms with Gasteiger partial charge in [0.1, 0.15) is 17.7 Å². The van der Waals surface area contributed by atoms with Gasteiger partial charge in [-0.15, -0.1) is 0 Å². The van der Waals surface area contributed by atoms with Crippen LogP contribution in [0.4, 0.5) is 4.39 Å². The lowest BCUT2D eigenvalue weighted by Crippen LogP contribution is -2.33. The van der Waals surface area contributed by atoms with Gasteiger partial charge >= 0.3 is 0 Å². The first kappa shape index (κ1) is 23.6. The number of nitrogens with one attached hydrogen (secondary N) is 2. The van der Waals surface area contributed by atoms with Crippen molar-refractivity contribution in [2.75, 3.05) is 0 Å². The number of rotatable bonds is 7. The number of hydrogen-bond acceptors (Lipinski definition) is 4. The van der Waals surface area contributed by atoms with Gasteiger partial charge < -0.3 is 9.88 Å². The first-order chi connectivity index (χ1) is 16.2. The summed E-state index contributed by atoms with van der Waals surface area (Å²) in [6, 6.07) is 18.9. The Balaban J connectivity index is 1.75. The maximum absolute atomic E-state index is 14.7. The van der Waals surface area contributed by atoms with E-state index in [1.54, 1.807) is 13.8 Å². The zero-order chi connectivity index (χ0) is 24.5. The van der Waals surface area contributed by atoms with E-state index in [4.69, 9.17) is 4.98 Å². The zero-order valence-electron chi connectivity index (χ0n) is 19.0. The monoisotopic (exact) mass is 480 g/mol. The number of aromatic nitrogens is 2. The molecule has 176 valence electrons. The third-order valence-electron chi connectivity index (χ3n) is 5.37. The standard InChI is InChI=1S/C25H25FN4O3S/c1-16(2)29-34(32,33)18-13-14-20(26)19(15-18)25(31)28-23(17-9-5-4-6-10-17)24-27-21-11-7-8-12-22(21)30(24)3/h4-16,23,29H,1-3H3,(H,28,31). The number of carbonyl (C=O) groups is 1. The molecule has 1 unspecified atom stereocenters. The number of carbonyl (C=O) groups excluding carboxylic acids is 1. The molecule has 0 bridgehead atoms. The molecule has 0 aliphatic heterocycles. The minimum absolute atomic E-state index is 0.188. The van der Waals surface area contributed by atoms with Crippen LogP contribution in [-0.4, -0.2) is 29.9 Å². The molecule has 1 atom stereocenters. The topological polar surface area (TPSA) is 93.1 Å². The van der Waals surface area contributed by atoms with E-state index in [1.807, 2.05) is 66.2 Å². The van der Waals surface area contributed by atoms with E-state index in [1.165, 1.54) is 0 Å². The smallest absolute Gasteiger partial charge is 0.255 e. The number of para-hydroxylation sites is 2. The Morgan fingerprint density at radius 3 is 2.35 bits per heavy atom. The van der Waals surface area contributed by atoms with Crippen molar-refractivity contribution in [2.45, 2.75) is 30.8 Å². The fraction of sp³-hybridized carbons (Fsp3) is 0.200. The molecule has 0 aliphatic rings. The van der Waals surface area contributed by atoms with Crippen LogP contribution in [0.5, 0.6) is 0 Å². The van der Waals surface area contributed by atoms with Gasteiger partial charge in [-0.05, 0) is 49.7 Å². The first-order valence-electron chi connectivity index (χ1n) is 10.8. The van der Waals surface area contributed by atoms with Gasteiger partial charge in [0.15, 0.2) is 0 Å². The lowest BCUT2D eigenvalue weighted by atomic mass is 10.1. The molecule has 34 heavy (non-hydrogen) atoms. The van der Waals surface area contributed by atoms with Gasteiger partial charge in [-0.1, -0.05) is 42.5 Å². The molecule has 0 aliphatic carbocycles. The van der Waals surface area contributed by atoms with E-state index in [0.29, 0.717) is 5.82 Å². The van der Waals surface area contributed by atoms with Crippen molar-refractivity contribution in [3.63, 3.8) is 0 Å². The largest absolute Gasteiger partial charge is 0.338 e. The molecule has 3 aromatic carbocycles. The fourth-order valence-electron chi connectivity index (χ4n) is 3.80. The molecule has 0 radical (unpaired) electrons. The Labute approximate surface area is 197 Å². The third kappa shape index (κ3) is 4.71. The maximum atomic E-state index is 14.7. The molecule has 0 spiro atoms. The first-order valence-corrected chi connectivity index (χ1v) is 12.2. The van der Waals surface area contributed by atoms with Gasteiger partial charge in [0.25, 0.3) is 5.91 Å². The predicted octanol–water partition coefficient (Wildman–Crippen LogP) is 3.92. The molecule has 4 aromatic rings. The predicted molar refractivity (Wildman–Crippen MR) is 128 cm³/mol. The van der Waals surface area contributed by atoms with Crippen LogP contribution < -0.4 is 10.0 Å². The highest BCUT2D eigenvalue weighted by Crippen LogP contribution is 2.26. The summed E-state index contributed by atoms with van der Waals surface area (Å²) in [4.78, 5) is 17.8. The molecule has 1 heterocycles.